The highest BCUT2D eigenvalue weighted by atomic mass is 16.3. The second kappa shape index (κ2) is 14.1. The lowest BCUT2D eigenvalue weighted by Crippen LogP contribution is -2.04. The number of furan rings is 1. The van der Waals surface area contributed by atoms with E-state index in [0.29, 0.717) is 17.5 Å². The van der Waals surface area contributed by atoms with Gasteiger partial charge in [-0.25, -0.2) is 15.0 Å². The molecule has 274 valence electrons. The highest BCUT2D eigenvalue weighted by Crippen LogP contribution is 2.41. The van der Waals surface area contributed by atoms with Crippen LogP contribution in [0, 0.1) is 0 Å². The van der Waals surface area contributed by atoms with Crippen molar-refractivity contribution in [2.45, 2.75) is 13.0 Å². The van der Waals surface area contributed by atoms with E-state index in [-0.39, 0.29) is 0 Å². The van der Waals surface area contributed by atoms with Gasteiger partial charge in [0.25, 0.3) is 0 Å². The minimum atomic E-state index is 0.646. The number of aromatic nitrogens is 4. The molecule has 8 aromatic carbocycles. The normalized spacial score (nSPS) is 11.6. The van der Waals surface area contributed by atoms with Crippen molar-refractivity contribution in [3.63, 3.8) is 0 Å². The summed E-state index contributed by atoms with van der Waals surface area (Å²) in [5.41, 5.74) is 12.9. The van der Waals surface area contributed by atoms with Gasteiger partial charge in [0.1, 0.15) is 11.2 Å². The van der Waals surface area contributed by atoms with Crippen LogP contribution in [0.1, 0.15) is 5.56 Å². The largest absolute Gasteiger partial charge is 0.456 e. The molecule has 0 saturated heterocycles. The average Bonchev–Trinajstić information content (AvgIpc) is 3.85. The van der Waals surface area contributed by atoms with E-state index < -0.39 is 0 Å². The molecule has 0 aliphatic carbocycles. The zero-order valence-corrected chi connectivity index (χ0v) is 31.6. The minimum Gasteiger partial charge on any atom is -0.456 e. The second-order valence-corrected chi connectivity index (χ2v) is 14.7. The molecule has 0 aliphatic heterocycles. The zero-order chi connectivity index (χ0) is 38.4. The fraction of sp³-hybridized carbons (Fsp3) is 0.0377. The molecule has 0 unspecified atom stereocenters. The highest BCUT2D eigenvalue weighted by molar-refractivity contribution is 6.14. The van der Waals surface area contributed by atoms with Crippen molar-refractivity contribution in [1.29, 1.82) is 0 Å². The third kappa shape index (κ3) is 5.84. The van der Waals surface area contributed by atoms with Crippen molar-refractivity contribution >= 4 is 43.7 Å². The van der Waals surface area contributed by atoms with Gasteiger partial charge >= 0.3 is 0 Å². The van der Waals surface area contributed by atoms with Crippen LogP contribution in [0.5, 0.6) is 0 Å². The summed E-state index contributed by atoms with van der Waals surface area (Å²) in [7, 11) is 0. The molecule has 11 rings (SSSR count). The number of rotatable bonds is 8. The van der Waals surface area contributed by atoms with Gasteiger partial charge in [-0.05, 0) is 64.6 Å². The first-order chi connectivity index (χ1) is 28.8. The van der Waals surface area contributed by atoms with Crippen molar-refractivity contribution in [2.75, 3.05) is 0 Å². The van der Waals surface area contributed by atoms with Crippen LogP contribution in [0.25, 0.3) is 100 Å². The van der Waals surface area contributed by atoms with E-state index in [4.69, 9.17) is 19.4 Å². The molecule has 0 spiro atoms. The Morgan fingerprint density at radius 3 is 1.67 bits per heavy atom. The summed E-state index contributed by atoms with van der Waals surface area (Å²) >= 11 is 0. The van der Waals surface area contributed by atoms with E-state index >= 15 is 0 Å². The summed E-state index contributed by atoms with van der Waals surface area (Å²) in [6.07, 6.45) is 0.786. The third-order valence-corrected chi connectivity index (χ3v) is 11.2. The number of hydrogen-bond donors (Lipinski definition) is 0. The zero-order valence-electron chi connectivity index (χ0n) is 31.6. The Balaban J connectivity index is 1.06. The number of benzene rings is 8. The Hall–Kier alpha value is -7.63. The molecule has 5 nitrogen and oxygen atoms in total. The van der Waals surface area contributed by atoms with E-state index in [1.54, 1.807) is 0 Å². The molecule has 58 heavy (non-hydrogen) atoms. The van der Waals surface area contributed by atoms with E-state index in [1.807, 2.05) is 36.4 Å². The van der Waals surface area contributed by atoms with Gasteiger partial charge in [0, 0.05) is 50.3 Å². The monoisotopic (exact) mass is 744 g/mol. The summed E-state index contributed by atoms with van der Waals surface area (Å²) in [6.45, 7) is 0.737. The van der Waals surface area contributed by atoms with Crippen LogP contribution in [0.2, 0.25) is 0 Å². The number of nitrogens with zero attached hydrogens (tertiary/aromatic N) is 4. The standard InChI is InChI=1S/C53H36N4O/c1-4-16-35(17-5-1)39-23-12-24-40(34-39)41-26-15-31-47-49(41)48-36(22-13-30-46(48)58-47)32-33-57-45-29-11-10-25-42(45)43-27-14-28-44(50(43)57)53-55-51(37-18-6-2-7-19-37)54-52(56-53)38-20-8-3-9-21-38/h1-31,34H,32-33H2. The Morgan fingerprint density at radius 1 is 0.397 bits per heavy atom. The van der Waals surface area contributed by atoms with Crippen molar-refractivity contribution < 1.29 is 4.42 Å². The Morgan fingerprint density at radius 2 is 0.931 bits per heavy atom. The predicted octanol–water partition coefficient (Wildman–Crippen LogP) is 13.5. The third-order valence-electron chi connectivity index (χ3n) is 11.2. The number of aryl methyl sites for hydroxylation is 2. The lowest BCUT2D eigenvalue weighted by molar-refractivity contribution is 0.668. The van der Waals surface area contributed by atoms with Crippen molar-refractivity contribution in [3.8, 4) is 56.4 Å². The topological polar surface area (TPSA) is 56.7 Å². The van der Waals surface area contributed by atoms with Gasteiger partial charge in [0.05, 0.1) is 5.52 Å². The molecule has 0 saturated carbocycles. The first-order valence-electron chi connectivity index (χ1n) is 19.7. The van der Waals surface area contributed by atoms with Crippen LogP contribution in [-0.2, 0) is 13.0 Å². The first-order valence-corrected chi connectivity index (χ1v) is 19.7. The van der Waals surface area contributed by atoms with Crippen LogP contribution in [0.15, 0.2) is 199 Å². The summed E-state index contributed by atoms with van der Waals surface area (Å²) in [5, 5.41) is 4.68. The molecular weight excluding hydrogens is 709 g/mol. The van der Waals surface area contributed by atoms with Crippen LogP contribution >= 0.6 is 0 Å². The van der Waals surface area contributed by atoms with Crippen LogP contribution < -0.4 is 0 Å². The smallest absolute Gasteiger partial charge is 0.166 e. The fourth-order valence-corrected chi connectivity index (χ4v) is 8.57. The maximum absolute atomic E-state index is 6.59. The summed E-state index contributed by atoms with van der Waals surface area (Å²) in [4.78, 5) is 15.3. The second-order valence-electron chi connectivity index (χ2n) is 14.7. The van der Waals surface area contributed by atoms with Gasteiger partial charge in [0.15, 0.2) is 17.5 Å². The molecule has 0 N–H and O–H groups in total. The van der Waals surface area contributed by atoms with E-state index in [1.165, 1.54) is 44.1 Å². The van der Waals surface area contributed by atoms with Crippen LogP contribution in [0.4, 0.5) is 0 Å². The summed E-state index contributed by atoms with van der Waals surface area (Å²) < 4.78 is 9.05. The quantitative estimate of drug-likeness (QED) is 0.155. The molecule has 0 aliphatic rings. The highest BCUT2D eigenvalue weighted by Gasteiger charge is 2.21. The molecular formula is C53H36N4O. The van der Waals surface area contributed by atoms with E-state index in [0.717, 1.165) is 57.1 Å². The molecule has 0 radical (unpaired) electrons. The van der Waals surface area contributed by atoms with Crippen molar-refractivity contribution in [1.82, 2.24) is 19.5 Å². The maximum atomic E-state index is 6.59. The lowest BCUT2D eigenvalue weighted by Gasteiger charge is -2.13. The number of hydrogen-bond acceptors (Lipinski definition) is 4. The van der Waals surface area contributed by atoms with Crippen LogP contribution in [-0.4, -0.2) is 19.5 Å². The molecule has 0 fully saturated rings. The molecule has 3 heterocycles. The Kier molecular flexibility index (Phi) is 8.21. The molecule has 0 bridgehead atoms. The number of fused-ring (bicyclic) bond motifs is 6. The SMILES string of the molecule is c1ccc(-c2cccc(-c3cccc4oc5cccc(CCn6c7ccccc7c7cccc(-c8nc(-c9ccccc9)nc(-c9ccccc9)n8)c76)c5c34)c2)cc1. The van der Waals surface area contributed by atoms with Gasteiger partial charge in [-0.3, -0.25) is 0 Å². The van der Waals surface area contributed by atoms with Gasteiger partial charge in [-0.1, -0.05) is 164 Å². The average molecular weight is 745 g/mol. The van der Waals surface area contributed by atoms with Crippen molar-refractivity contribution in [2.24, 2.45) is 0 Å². The van der Waals surface area contributed by atoms with E-state index in [2.05, 4.69) is 162 Å². The molecule has 0 amide bonds. The molecule has 0 atom stereocenters. The molecule has 5 heteroatoms. The van der Waals surface area contributed by atoms with Crippen molar-refractivity contribution in [3.05, 3.63) is 200 Å². The lowest BCUT2D eigenvalue weighted by atomic mass is 9.94. The Labute approximate surface area is 335 Å². The first kappa shape index (κ1) is 33.7. The summed E-state index contributed by atoms with van der Waals surface area (Å²) in [5.74, 6) is 1.94. The minimum absolute atomic E-state index is 0.646. The van der Waals surface area contributed by atoms with E-state index in [9.17, 15) is 0 Å². The molecule has 3 aromatic heterocycles. The fourth-order valence-electron chi connectivity index (χ4n) is 8.57. The Bertz CT molecular complexity index is 3220. The predicted molar refractivity (Wildman–Crippen MR) is 237 cm³/mol. The molecule has 11 aromatic rings. The van der Waals surface area contributed by atoms with Gasteiger partial charge in [-0.15, -0.1) is 0 Å². The van der Waals surface area contributed by atoms with Crippen LogP contribution in [0.3, 0.4) is 0 Å². The van der Waals surface area contributed by atoms with Gasteiger partial charge in [-0.2, -0.15) is 0 Å². The number of para-hydroxylation sites is 2. The van der Waals surface area contributed by atoms with Gasteiger partial charge in [0.2, 0.25) is 0 Å². The van der Waals surface area contributed by atoms with Gasteiger partial charge < -0.3 is 8.98 Å². The summed E-state index contributed by atoms with van der Waals surface area (Å²) in [6, 6.07) is 67.8. The maximum Gasteiger partial charge on any atom is 0.166 e.